The quantitative estimate of drug-likeness (QED) is 0.167. The zero-order valence-electron chi connectivity index (χ0n) is 21.5. The standard InChI is InChI=1S/C27H30O14/c1-10-17(30)20(33)22(35)26(37-10)38-13-6-7-14-15(8-13)39-24(11-2-4-12(29)5-3-11)25(18(14)31)41-27-23(36)21(34)19(32)16(9-28)40-27/h2-8,10,16-17,19-23,26-30,32-36H,9H2,1H3/t10-,16+,17-,19+,20+,21-,22+,23+,26-,27-/m0/s1. The van der Waals surface area contributed by atoms with Gasteiger partial charge in [0, 0.05) is 11.6 Å². The molecule has 0 spiro atoms. The van der Waals surface area contributed by atoms with E-state index in [9.17, 15) is 45.6 Å². The second-order valence-corrected chi connectivity index (χ2v) is 9.91. The van der Waals surface area contributed by atoms with E-state index in [1.54, 1.807) is 0 Å². The molecule has 0 saturated carbocycles. The SMILES string of the molecule is C[C@@H]1O[C@@H](Oc2ccc3c(=O)c(O[C@@H]4O[C@H](CO)[C@@H](O)[C@H](O)[C@H]4O)c(-c4ccc(O)cc4)oc3c2)[C@H](O)[C@H](O)[C@H]1O. The number of ether oxygens (including phenoxy) is 4. The highest BCUT2D eigenvalue weighted by atomic mass is 16.7. The first-order chi connectivity index (χ1) is 19.5. The molecule has 2 fully saturated rings. The Bertz CT molecular complexity index is 1420. The fourth-order valence-corrected chi connectivity index (χ4v) is 4.67. The fraction of sp³-hybridized carbons (Fsp3) is 0.444. The van der Waals surface area contributed by atoms with Gasteiger partial charge in [0.1, 0.15) is 59.8 Å². The van der Waals surface area contributed by atoms with Crippen molar-refractivity contribution in [2.24, 2.45) is 0 Å². The molecule has 0 aliphatic carbocycles. The summed E-state index contributed by atoms with van der Waals surface area (Å²) in [5.41, 5.74) is -0.459. The number of benzene rings is 2. The summed E-state index contributed by atoms with van der Waals surface area (Å²) in [6.45, 7) is 0.787. The molecule has 2 aromatic carbocycles. The normalized spacial score (nSPS) is 34.0. The molecule has 8 N–H and O–H groups in total. The van der Waals surface area contributed by atoms with E-state index in [2.05, 4.69) is 0 Å². The first-order valence-electron chi connectivity index (χ1n) is 12.7. The summed E-state index contributed by atoms with van der Waals surface area (Å²) in [6.07, 6.45) is -14.8. The molecular formula is C27H30O14. The van der Waals surface area contributed by atoms with Crippen LogP contribution in [-0.4, -0.2) is 109 Å². The van der Waals surface area contributed by atoms with Crippen molar-refractivity contribution in [1.82, 2.24) is 0 Å². The molecule has 14 nitrogen and oxygen atoms in total. The molecule has 0 radical (unpaired) electrons. The number of rotatable bonds is 6. The lowest BCUT2D eigenvalue weighted by Crippen LogP contribution is -2.60. The molecule has 1 aromatic heterocycles. The van der Waals surface area contributed by atoms with E-state index in [1.807, 2.05) is 0 Å². The lowest BCUT2D eigenvalue weighted by molar-refractivity contribution is -0.277. The van der Waals surface area contributed by atoms with E-state index in [-0.39, 0.29) is 33.8 Å². The van der Waals surface area contributed by atoms with E-state index in [4.69, 9.17) is 23.4 Å². The van der Waals surface area contributed by atoms with E-state index in [0.29, 0.717) is 0 Å². The number of hydrogen-bond acceptors (Lipinski definition) is 14. The van der Waals surface area contributed by atoms with Crippen LogP contribution in [0, 0.1) is 0 Å². The second kappa shape index (κ2) is 11.5. The molecule has 0 unspecified atom stereocenters. The Morgan fingerprint density at radius 1 is 0.780 bits per heavy atom. The largest absolute Gasteiger partial charge is 0.508 e. The minimum Gasteiger partial charge on any atom is -0.508 e. The fourth-order valence-electron chi connectivity index (χ4n) is 4.67. The summed E-state index contributed by atoms with van der Waals surface area (Å²) in [6, 6.07) is 9.56. The Morgan fingerprint density at radius 2 is 1.41 bits per heavy atom. The summed E-state index contributed by atoms with van der Waals surface area (Å²) in [4.78, 5) is 13.6. The number of aromatic hydroxyl groups is 1. The van der Waals surface area contributed by atoms with Gasteiger partial charge in [-0.25, -0.2) is 0 Å². The van der Waals surface area contributed by atoms with Gasteiger partial charge in [-0.2, -0.15) is 0 Å². The van der Waals surface area contributed by atoms with Crippen LogP contribution >= 0.6 is 0 Å². The van der Waals surface area contributed by atoms with Gasteiger partial charge < -0.3 is 64.2 Å². The topological polar surface area (TPSA) is 229 Å². The van der Waals surface area contributed by atoms with Crippen LogP contribution in [0.2, 0.25) is 0 Å². The monoisotopic (exact) mass is 578 g/mol. The van der Waals surface area contributed by atoms with Gasteiger partial charge in [-0.3, -0.25) is 4.79 Å². The third-order valence-corrected chi connectivity index (χ3v) is 7.09. The summed E-state index contributed by atoms with van der Waals surface area (Å²) >= 11 is 0. The lowest BCUT2D eigenvalue weighted by atomic mass is 9.99. The van der Waals surface area contributed by atoms with Gasteiger partial charge in [0.2, 0.25) is 23.8 Å². The molecule has 3 heterocycles. The molecule has 2 aliphatic heterocycles. The van der Waals surface area contributed by atoms with Crippen molar-refractivity contribution in [1.29, 1.82) is 0 Å². The van der Waals surface area contributed by atoms with Crippen molar-refractivity contribution in [3.63, 3.8) is 0 Å². The highest BCUT2D eigenvalue weighted by molar-refractivity contribution is 5.83. The zero-order chi connectivity index (χ0) is 29.6. The van der Waals surface area contributed by atoms with Gasteiger partial charge in [0.15, 0.2) is 5.76 Å². The Kier molecular flexibility index (Phi) is 8.20. The number of aliphatic hydroxyl groups is 7. The molecule has 222 valence electrons. The third kappa shape index (κ3) is 5.49. The first kappa shape index (κ1) is 29.2. The molecule has 10 atom stereocenters. The molecule has 41 heavy (non-hydrogen) atoms. The molecule has 2 saturated heterocycles. The van der Waals surface area contributed by atoms with E-state index >= 15 is 0 Å². The van der Waals surface area contributed by atoms with Gasteiger partial charge in [-0.05, 0) is 43.3 Å². The van der Waals surface area contributed by atoms with Crippen LogP contribution in [0.15, 0.2) is 51.7 Å². The van der Waals surface area contributed by atoms with Gasteiger partial charge in [-0.1, -0.05) is 0 Å². The number of aliphatic hydroxyl groups excluding tert-OH is 7. The van der Waals surface area contributed by atoms with Crippen LogP contribution in [-0.2, 0) is 9.47 Å². The van der Waals surface area contributed by atoms with E-state index in [0.717, 1.165) is 0 Å². The van der Waals surface area contributed by atoms with Gasteiger partial charge in [-0.15, -0.1) is 0 Å². The maximum atomic E-state index is 13.6. The molecule has 2 aliphatic rings. The smallest absolute Gasteiger partial charge is 0.235 e. The van der Waals surface area contributed by atoms with Crippen LogP contribution in [0.4, 0.5) is 0 Å². The summed E-state index contributed by atoms with van der Waals surface area (Å²) < 4.78 is 28.3. The molecule has 14 heteroatoms. The molecule has 3 aromatic rings. The van der Waals surface area contributed by atoms with Crippen LogP contribution in [0.1, 0.15) is 6.92 Å². The van der Waals surface area contributed by atoms with Crippen molar-refractivity contribution < 1.29 is 64.2 Å². The highest BCUT2D eigenvalue weighted by Gasteiger charge is 2.46. The van der Waals surface area contributed by atoms with Crippen LogP contribution in [0.25, 0.3) is 22.3 Å². The van der Waals surface area contributed by atoms with Crippen molar-refractivity contribution >= 4 is 11.0 Å². The summed E-state index contributed by atoms with van der Waals surface area (Å²) in [5, 5.41) is 80.2. The lowest BCUT2D eigenvalue weighted by Gasteiger charge is -2.39. The Morgan fingerprint density at radius 3 is 2.07 bits per heavy atom. The summed E-state index contributed by atoms with van der Waals surface area (Å²) in [7, 11) is 0. The van der Waals surface area contributed by atoms with Crippen LogP contribution in [0.5, 0.6) is 17.2 Å². The van der Waals surface area contributed by atoms with Crippen LogP contribution in [0.3, 0.4) is 0 Å². The van der Waals surface area contributed by atoms with Crippen molar-refractivity contribution in [3.8, 4) is 28.6 Å². The second-order valence-electron chi connectivity index (χ2n) is 9.91. The van der Waals surface area contributed by atoms with Crippen molar-refractivity contribution in [2.75, 3.05) is 6.61 Å². The number of phenols is 1. The molecular weight excluding hydrogens is 548 g/mol. The molecule has 0 bridgehead atoms. The van der Waals surface area contributed by atoms with Crippen molar-refractivity contribution in [2.45, 2.75) is 68.3 Å². The average Bonchev–Trinajstić information content (AvgIpc) is 2.96. The van der Waals surface area contributed by atoms with Gasteiger partial charge in [0.05, 0.1) is 18.1 Å². The number of fused-ring (bicyclic) bond motifs is 1. The van der Waals surface area contributed by atoms with Gasteiger partial charge >= 0.3 is 0 Å². The van der Waals surface area contributed by atoms with Crippen molar-refractivity contribution in [3.05, 3.63) is 52.7 Å². The van der Waals surface area contributed by atoms with Gasteiger partial charge in [0.25, 0.3) is 0 Å². The Balaban J connectivity index is 1.54. The minimum atomic E-state index is -1.80. The molecule has 0 amide bonds. The number of hydrogen-bond donors (Lipinski definition) is 8. The predicted molar refractivity (Wildman–Crippen MR) is 137 cm³/mol. The molecule has 5 rings (SSSR count). The maximum absolute atomic E-state index is 13.6. The van der Waals surface area contributed by atoms with Crippen LogP contribution < -0.4 is 14.9 Å². The number of phenolic OH excluding ortho intramolecular Hbond substituents is 1. The maximum Gasteiger partial charge on any atom is 0.235 e. The Labute approximate surface area is 231 Å². The Hall–Kier alpha value is -3.31. The average molecular weight is 579 g/mol. The summed E-state index contributed by atoms with van der Waals surface area (Å²) in [5.74, 6) is -0.577. The minimum absolute atomic E-state index is 0.00402. The van der Waals surface area contributed by atoms with E-state index in [1.165, 1.54) is 49.4 Å². The first-order valence-corrected chi connectivity index (χ1v) is 12.7. The zero-order valence-corrected chi connectivity index (χ0v) is 21.5. The predicted octanol–water partition coefficient (Wildman–Crippen LogP) is -1.45. The third-order valence-electron chi connectivity index (χ3n) is 7.09. The van der Waals surface area contributed by atoms with E-state index < -0.39 is 79.2 Å². The highest BCUT2D eigenvalue weighted by Crippen LogP contribution is 2.35.